The van der Waals surface area contributed by atoms with E-state index in [1.165, 1.54) is 10.4 Å². The first-order chi connectivity index (χ1) is 11.6. The molecular formula is C18H23N3O2S. The number of aryl methyl sites for hydroxylation is 2. The van der Waals surface area contributed by atoms with E-state index >= 15 is 0 Å². The first-order valence-electron chi connectivity index (χ1n) is 8.49. The van der Waals surface area contributed by atoms with Gasteiger partial charge >= 0.3 is 0 Å². The van der Waals surface area contributed by atoms with Crippen molar-refractivity contribution in [3.63, 3.8) is 0 Å². The van der Waals surface area contributed by atoms with Gasteiger partial charge in [0.05, 0.1) is 11.1 Å². The van der Waals surface area contributed by atoms with Crippen molar-refractivity contribution in [2.45, 2.75) is 25.7 Å². The normalized spacial score (nSPS) is 23.1. The molecule has 4 heterocycles. The Labute approximate surface area is 146 Å². The molecule has 2 aliphatic rings. The average Bonchev–Trinajstić information content (AvgIpc) is 3.27. The third-order valence-corrected chi connectivity index (χ3v) is 6.49. The zero-order chi connectivity index (χ0) is 16.7. The lowest BCUT2D eigenvalue weighted by atomic mass is 9.70. The molecule has 0 bridgehead atoms. The lowest BCUT2D eigenvalue weighted by Gasteiger charge is -2.37. The van der Waals surface area contributed by atoms with Crippen LogP contribution in [0.15, 0.2) is 24.5 Å². The Balaban J connectivity index is 1.64. The summed E-state index contributed by atoms with van der Waals surface area (Å²) in [4.78, 5) is 17.0. The Hall–Kier alpha value is -1.66. The molecule has 0 radical (unpaired) electrons. The fraction of sp³-hybridized carbons (Fsp3) is 0.556. The Morgan fingerprint density at radius 2 is 2.17 bits per heavy atom. The van der Waals surface area contributed by atoms with Gasteiger partial charge in [0, 0.05) is 55.8 Å². The standard InChI is InChI=1S/C18H23N3O2S/c1-13-3-4-16(24-13)17(22)21-11-15(14-9-19-20(2)10-14)18(12-21)5-7-23-8-6-18/h3-4,9-10,15H,5-8,11-12H2,1-2H3. The first kappa shape index (κ1) is 15.8. The Morgan fingerprint density at radius 1 is 1.38 bits per heavy atom. The zero-order valence-electron chi connectivity index (χ0n) is 14.2. The highest BCUT2D eigenvalue weighted by molar-refractivity contribution is 7.13. The van der Waals surface area contributed by atoms with E-state index in [1.807, 2.05) is 41.9 Å². The lowest BCUT2D eigenvalue weighted by molar-refractivity contribution is 0.0121. The molecule has 1 unspecified atom stereocenters. The van der Waals surface area contributed by atoms with E-state index in [0.717, 1.165) is 44.0 Å². The van der Waals surface area contributed by atoms with E-state index in [-0.39, 0.29) is 11.3 Å². The fourth-order valence-electron chi connectivity index (χ4n) is 4.19. The summed E-state index contributed by atoms with van der Waals surface area (Å²) in [7, 11) is 1.95. The number of hydrogen-bond donors (Lipinski definition) is 0. The Kier molecular flexibility index (Phi) is 3.96. The van der Waals surface area contributed by atoms with Crippen molar-refractivity contribution < 1.29 is 9.53 Å². The molecule has 1 atom stereocenters. The van der Waals surface area contributed by atoms with Crippen molar-refractivity contribution in [3.8, 4) is 0 Å². The third kappa shape index (κ3) is 2.67. The molecular weight excluding hydrogens is 322 g/mol. The topological polar surface area (TPSA) is 47.4 Å². The molecule has 0 aliphatic carbocycles. The number of amides is 1. The maximum Gasteiger partial charge on any atom is 0.263 e. The van der Waals surface area contributed by atoms with Crippen molar-refractivity contribution >= 4 is 17.2 Å². The van der Waals surface area contributed by atoms with Gasteiger partial charge < -0.3 is 9.64 Å². The van der Waals surface area contributed by atoms with Gasteiger partial charge in [-0.15, -0.1) is 11.3 Å². The quantitative estimate of drug-likeness (QED) is 0.841. The van der Waals surface area contributed by atoms with Crippen LogP contribution in [0.1, 0.15) is 38.9 Å². The molecule has 2 saturated heterocycles. The van der Waals surface area contributed by atoms with Crippen LogP contribution < -0.4 is 0 Å². The van der Waals surface area contributed by atoms with Gasteiger partial charge in [-0.3, -0.25) is 9.48 Å². The second kappa shape index (κ2) is 6.01. The summed E-state index contributed by atoms with van der Waals surface area (Å²) in [6.07, 6.45) is 6.09. The maximum atomic E-state index is 13.0. The van der Waals surface area contributed by atoms with Crippen LogP contribution in [0.3, 0.4) is 0 Å². The summed E-state index contributed by atoms with van der Waals surface area (Å²) in [5, 5.41) is 4.35. The minimum Gasteiger partial charge on any atom is -0.381 e. The van der Waals surface area contributed by atoms with Crippen LogP contribution in [0.25, 0.3) is 0 Å². The van der Waals surface area contributed by atoms with Gasteiger partial charge in [0.15, 0.2) is 0 Å². The van der Waals surface area contributed by atoms with Gasteiger partial charge in [-0.25, -0.2) is 0 Å². The summed E-state index contributed by atoms with van der Waals surface area (Å²) in [6, 6.07) is 3.98. The first-order valence-corrected chi connectivity index (χ1v) is 9.31. The molecule has 0 N–H and O–H groups in total. The summed E-state index contributed by atoms with van der Waals surface area (Å²) >= 11 is 1.59. The smallest absolute Gasteiger partial charge is 0.263 e. The maximum absolute atomic E-state index is 13.0. The minimum atomic E-state index is 0.128. The second-order valence-electron chi connectivity index (χ2n) is 7.07. The number of nitrogens with zero attached hydrogens (tertiary/aromatic N) is 3. The van der Waals surface area contributed by atoms with Gasteiger partial charge in [0.1, 0.15) is 0 Å². The molecule has 0 saturated carbocycles. The number of aromatic nitrogens is 2. The summed E-state index contributed by atoms with van der Waals surface area (Å²) in [6.45, 7) is 5.23. The van der Waals surface area contributed by atoms with Crippen LogP contribution in [0.5, 0.6) is 0 Å². The average molecular weight is 345 g/mol. The minimum absolute atomic E-state index is 0.128. The second-order valence-corrected chi connectivity index (χ2v) is 8.36. The van der Waals surface area contributed by atoms with Gasteiger partial charge in [-0.2, -0.15) is 5.10 Å². The Bertz CT molecular complexity index is 745. The highest BCUT2D eigenvalue weighted by Crippen LogP contribution is 2.49. The molecule has 128 valence electrons. The van der Waals surface area contributed by atoms with Crippen LogP contribution in [0.2, 0.25) is 0 Å². The van der Waals surface area contributed by atoms with E-state index < -0.39 is 0 Å². The molecule has 2 fully saturated rings. The van der Waals surface area contributed by atoms with E-state index in [9.17, 15) is 4.79 Å². The molecule has 2 aromatic rings. The molecule has 5 nitrogen and oxygen atoms in total. The number of thiophene rings is 1. The number of carbonyl (C=O) groups excluding carboxylic acids is 1. The number of hydrogen-bond acceptors (Lipinski definition) is 4. The Morgan fingerprint density at radius 3 is 2.79 bits per heavy atom. The van der Waals surface area contributed by atoms with Gasteiger partial charge in [0.25, 0.3) is 5.91 Å². The molecule has 2 aliphatic heterocycles. The van der Waals surface area contributed by atoms with Gasteiger partial charge in [-0.05, 0) is 37.5 Å². The zero-order valence-corrected chi connectivity index (χ0v) is 15.0. The number of ether oxygens (including phenoxy) is 1. The molecule has 1 amide bonds. The molecule has 6 heteroatoms. The van der Waals surface area contributed by atoms with E-state index in [0.29, 0.717) is 5.92 Å². The van der Waals surface area contributed by atoms with E-state index in [1.54, 1.807) is 11.3 Å². The van der Waals surface area contributed by atoms with Crippen molar-refractivity contribution in [3.05, 3.63) is 39.8 Å². The van der Waals surface area contributed by atoms with E-state index in [2.05, 4.69) is 11.3 Å². The molecule has 24 heavy (non-hydrogen) atoms. The monoisotopic (exact) mass is 345 g/mol. The van der Waals surface area contributed by atoms with Crippen LogP contribution in [0.4, 0.5) is 0 Å². The summed E-state index contributed by atoms with van der Waals surface area (Å²) in [5.74, 6) is 0.519. The van der Waals surface area contributed by atoms with Crippen molar-refractivity contribution in [2.75, 3.05) is 26.3 Å². The SMILES string of the molecule is Cc1ccc(C(=O)N2CC(c3cnn(C)c3)C3(CCOCC3)C2)s1. The number of rotatable bonds is 2. The van der Waals surface area contributed by atoms with Crippen molar-refractivity contribution in [2.24, 2.45) is 12.5 Å². The highest BCUT2D eigenvalue weighted by Gasteiger charge is 2.49. The third-order valence-electron chi connectivity index (χ3n) is 5.50. The number of carbonyl (C=O) groups is 1. The predicted molar refractivity (Wildman–Crippen MR) is 93.4 cm³/mol. The molecule has 2 aromatic heterocycles. The molecule has 0 aromatic carbocycles. The van der Waals surface area contributed by atoms with Crippen LogP contribution >= 0.6 is 11.3 Å². The fourth-order valence-corrected chi connectivity index (χ4v) is 5.03. The van der Waals surface area contributed by atoms with Crippen LogP contribution in [0, 0.1) is 12.3 Å². The van der Waals surface area contributed by atoms with Crippen molar-refractivity contribution in [1.82, 2.24) is 14.7 Å². The van der Waals surface area contributed by atoms with Gasteiger partial charge in [-0.1, -0.05) is 0 Å². The van der Waals surface area contributed by atoms with Crippen LogP contribution in [-0.4, -0.2) is 46.9 Å². The van der Waals surface area contributed by atoms with Gasteiger partial charge in [0.2, 0.25) is 0 Å². The summed E-state index contributed by atoms with van der Waals surface area (Å²) < 4.78 is 7.46. The van der Waals surface area contributed by atoms with Crippen LogP contribution in [-0.2, 0) is 11.8 Å². The lowest BCUT2D eigenvalue weighted by Crippen LogP contribution is -2.37. The van der Waals surface area contributed by atoms with Crippen molar-refractivity contribution in [1.29, 1.82) is 0 Å². The number of likely N-dealkylation sites (tertiary alicyclic amines) is 1. The summed E-state index contributed by atoms with van der Waals surface area (Å²) in [5.41, 5.74) is 1.38. The predicted octanol–water partition coefficient (Wildman–Crippen LogP) is 2.83. The van der Waals surface area contributed by atoms with E-state index in [4.69, 9.17) is 4.74 Å². The molecule has 4 rings (SSSR count). The largest absolute Gasteiger partial charge is 0.381 e. The highest BCUT2D eigenvalue weighted by atomic mass is 32.1. The molecule has 1 spiro atoms.